The zero-order valence-corrected chi connectivity index (χ0v) is 18.3. The van der Waals surface area contributed by atoms with E-state index in [2.05, 4.69) is 81.7 Å². The van der Waals surface area contributed by atoms with Crippen molar-refractivity contribution in [3.63, 3.8) is 0 Å². The highest BCUT2D eigenvalue weighted by atomic mass is 16.5. The Morgan fingerprint density at radius 1 is 1.04 bits per heavy atom. The number of pyridine rings is 1. The van der Waals surface area contributed by atoms with E-state index in [4.69, 9.17) is 9.72 Å². The van der Waals surface area contributed by atoms with Crippen molar-refractivity contribution in [1.29, 1.82) is 0 Å². The molecule has 3 rings (SSSR count). The molecule has 0 amide bonds. The smallest absolute Gasteiger partial charge is 0.142 e. The van der Waals surface area contributed by atoms with Crippen LogP contribution in [-0.2, 0) is 0 Å². The SMILES string of the molecule is CCOc1ccc(-c2nc3c(C)cccn3c2NC(C)(C)CC(C)(C)C)cc1. The summed E-state index contributed by atoms with van der Waals surface area (Å²) in [5, 5.41) is 3.80. The zero-order chi connectivity index (χ0) is 20.5. The van der Waals surface area contributed by atoms with Crippen molar-refractivity contribution >= 4 is 11.5 Å². The second-order valence-corrected chi connectivity index (χ2v) is 9.40. The van der Waals surface area contributed by atoms with E-state index in [0.717, 1.165) is 40.5 Å². The van der Waals surface area contributed by atoms with Crippen molar-refractivity contribution in [3.05, 3.63) is 48.2 Å². The molecule has 0 aliphatic rings. The highest BCUT2D eigenvalue weighted by Crippen LogP contribution is 2.35. The number of imidazole rings is 1. The van der Waals surface area contributed by atoms with Crippen LogP contribution in [0.2, 0.25) is 0 Å². The predicted octanol–water partition coefficient (Wildman–Crippen LogP) is 6.34. The average molecular weight is 380 g/mol. The van der Waals surface area contributed by atoms with Crippen LogP contribution in [0.3, 0.4) is 0 Å². The van der Waals surface area contributed by atoms with Crippen molar-refractivity contribution < 1.29 is 4.74 Å². The van der Waals surface area contributed by atoms with Gasteiger partial charge < -0.3 is 10.1 Å². The van der Waals surface area contributed by atoms with E-state index in [0.29, 0.717) is 6.61 Å². The number of hydrogen-bond donors (Lipinski definition) is 1. The predicted molar refractivity (Wildman–Crippen MR) is 118 cm³/mol. The quantitative estimate of drug-likeness (QED) is 0.543. The standard InChI is InChI=1S/C24H33N3O/c1-8-28-19-13-11-18(12-14-19)20-22(26-24(6,7)16-23(3,4)5)27-15-9-10-17(2)21(27)25-20/h9-15,26H,8,16H2,1-7H3. The zero-order valence-electron chi connectivity index (χ0n) is 18.3. The Labute approximate surface area is 169 Å². The topological polar surface area (TPSA) is 38.6 Å². The second kappa shape index (κ2) is 7.50. The summed E-state index contributed by atoms with van der Waals surface area (Å²) < 4.78 is 7.77. The minimum atomic E-state index is -0.0715. The first kappa shape index (κ1) is 20.2. The van der Waals surface area contributed by atoms with Gasteiger partial charge in [0.05, 0.1) is 6.61 Å². The fourth-order valence-electron chi connectivity index (χ4n) is 4.09. The van der Waals surface area contributed by atoms with Gasteiger partial charge in [-0.2, -0.15) is 0 Å². The number of aromatic nitrogens is 2. The Bertz CT molecular complexity index is 946. The maximum atomic E-state index is 5.60. The van der Waals surface area contributed by atoms with Crippen LogP contribution >= 0.6 is 0 Å². The second-order valence-electron chi connectivity index (χ2n) is 9.40. The molecule has 0 fully saturated rings. The summed E-state index contributed by atoms with van der Waals surface area (Å²) in [6, 6.07) is 12.4. The molecule has 0 radical (unpaired) electrons. The highest BCUT2D eigenvalue weighted by molar-refractivity contribution is 5.78. The molecule has 0 bridgehead atoms. The van der Waals surface area contributed by atoms with Crippen LogP contribution in [0, 0.1) is 12.3 Å². The molecule has 2 aromatic heterocycles. The third kappa shape index (κ3) is 4.49. The van der Waals surface area contributed by atoms with Gasteiger partial charge in [0.15, 0.2) is 0 Å². The summed E-state index contributed by atoms with van der Waals surface area (Å²) in [6.07, 6.45) is 3.13. The number of ether oxygens (including phenoxy) is 1. The lowest BCUT2D eigenvalue weighted by molar-refractivity contribution is 0.302. The Balaban J connectivity index is 2.09. The van der Waals surface area contributed by atoms with Crippen molar-refractivity contribution in [1.82, 2.24) is 9.38 Å². The molecular weight excluding hydrogens is 346 g/mol. The van der Waals surface area contributed by atoms with Gasteiger partial charge in [0, 0.05) is 17.3 Å². The summed E-state index contributed by atoms with van der Waals surface area (Å²) >= 11 is 0. The molecule has 28 heavy (non-hydrogen) atoms. The molecule has 0 atom stereocenters. The molecule has 2 heterocycles. The molecule has 0 spiro atoms. The van der Waals surface area contributed by atoms with E-state index in [1.165, 1.54) is 0 Å². The molecule has 0 saturated carbocycles. The molecule has 0 aliphatic heterocycles. The van der Waals surface area contributed by atoms with Gasteiger partial charge in [0.25, 0.3) is 0 Å². The van der Waals surface area contributed by atoms with Gasteiger partial charge in [-0.25, -0.2) is 4.98 Å². The molecule has 0 unspecified atom stereocenters. The number of aryl methyl sites for hydroxylation is 1. The number of nitrogens with one attached hydrogen (secondary N) is 1. The van der Waals surface area contributed by atoms with Crippen LogP contribution in [0.1, 0.15) is 53.5 Å². The summed E-state index contributed by atoms with van der Waals surface area (Å²) in [7, 11) is 0. The Morgan fingerprint density at radius 3 is 2.32 bits per heavy atom. The first-order chi connectivity index (χ1) is 13.1. The molecule has 3 aromatic rings. The van der Waals surface area contributed by atoms with E-state index in [1.807, 2.05) is 19.1 Å². The van der Waals surface area contributed by atoms with Crippen molar-refractivity contribution in [2.75, 3.05) is 11.9 Å². The number of rotatable bonds is 6. The van der Waals surface area contributed by atoms with E-state index >= 15 is 0 Å². The normalized spacial score (nSPS) is 12.4. The van der Waals surface area contributed by atoms with E-state index in [-0.39, 0.29) is 11.0 Å². The molecule has 1 N–H and O–H groups in total. The number of fused-ring (bicyclic) bond motifs is 1. The van der Waals surface area contributed by atoms with E-state index in [1.54, 1.807) is 0 Å². The summed E-state index contributed by atoms with van der Waals surface area (Å²) in [4.78, 5) is 5.00. The monoisotopic (exact) mass is 379 g/mol. The lowest BCUT2D eigenvalue weighted by Crippen LogP contribution is -2.36. The fourth-order valence-corrected chi connectivity index (χ4v) is 4.09. The molecule has 4 nitrogen and oxygen atoms in total. The Hall–Kier alpha value is -2.49. The average Bonchev–Trinajstić information content (AvgIpc) is 2.93. The van der Waals surface area contributed by atoms with Crippen molar-refractivity contribution in [3.8, 4) is 17.0 Å². The van der Waals surface area contributed by atoms with Crippen LogP contribution in [0.15, 0.2) is 42.6 Å². The van der Waals surface area contributed by atoms with Crippen molar-refractivity contribution in [2.24, 2.45) is 5.41 Å². The minimum Gasteiger partial charge on any atom is -0.494 e. The van der Waals surface area contributed by atoms with Gasteiger partial charge >= 0.3 is 0 Å². The largest absolute Gasteiger partial charge is 0.494 e. The fraction of sp³-hybridized carbons (Fsp3) is 0.458. The van der Waals surface area contributed by atoms with Gasteiger partial charge in [0.1, 0.15) is 22.9 Å². The maximum absolute atomic E-state index is 5.60. The van der Waals surface area contributed by atoms with Crippen LogP contribution < -0.4 is 10.1 Å². The van der Waals surface area contributed by atoms with Gasteiger partial charge in [-0.05, 0) is 75.4 Å². The molecule has 0 saturated heterocycles. The molecule has 0 aliphatic carbocycles. The van der Waals surface area contributed by atoms with Gasteiger partial charge in [0.2, 0.25) is 0 Å². The van der Waals surface area contributed by atoms with Gasteiger partial charge in [-0.1, -0.05) is 26.8 Å². The molecule has 150 valence electrons. The number of benzene rings is 1. The minimum absolute atomic E-state index is 0.0715. The molecule has 4 heteroatoms. The van der Waals surface area contributed by atoms with Gasteiger partial charge in [-0.3, -0.25) is 4.40 Å². The van der Waals surface area contributed by atoms with E-state index in [9.17, 15) is 0 Å². The summed E-state index contributed by atoms with van der Waals surface area (Å²) in [6.45, 7) is 16.1. The number of hydrogen-bond acceptors (Lipinski definition) is 3. The summed E-state index contributed by atoms with van der Waals surface area (Å²) in [5.41, 5.74) is 4.36. The third-order valence-corrected chi connectivity index (χ3v) is 4.71. The third-order valence-electron chi connectivity index (χ3n) is 4.71. The van der Waals surface area contributed by atoms with Crippen LogP contribution in [0.4, 0.5) is 5.82 Å². The highest BCUT2D eigenvalue weighted by Gasteiger charge is 2.28. The Kier molecular flexibility index (Phi) is 5.42. The van der Waals surface area contributed by atoms with Crippen molar-refractivity contribution in [2.45, 2.75) is 60.4 Å². The van der Waals surface area contributed by atoms with E-state index < -0.39 is 0 Å². The first-order valence-electron chi connectivity index (χ1n) is 10.1. The van der Waals surface area contributed by atoms with Gasteiger partial charge in [-0.15, -0.1) is 0 Å². The Morgan fingerprint density at radius 2 is 1.71 bits per heavy atom. The lowest BCUT2D eigenvalue weighted by Gasteiger charge is -2.34. The number of anilines is 1. The van der Waals surface area contributed by atoms with Crippen LogP contribution in [-0.4, -0.2) is 21.5 Å². The van der Waals surface area contributed by atoms with Crippen LogP contribution in [0.25, 0.3) is 16.9 Å². The summed E-state index contributed by atoms with van der Waals surface area (Å²) in [5.74, 6) is 1.92. The number of nitrogens with zero attached hydrogens (tertiary/aromatic N) is 2. The molecule has 1 aromatic carbocycles. The first-order valence-corrected chi connectivity index (χ1v) is 10.1. The molecular formula is C24H33N3O. The van der Waals surface area contributed by atoms with Crippen LogP contribution in [0.5, 0.6) is 5.75 Å². The maximum Gasteiger partial charge on any atom is 0.142 e. The lowest BCUT2D eigenvalue weighted by atomic mass is 9.82.